The largest absolute Gasteiger partial charge is 0.356 e. The fourth-order valence-corrected chi connectivity index (χ4v) is 2.69. The predicted molar refractivity (Wildman–Crippen MR) is 64.4 cm³/mol. The first-order valence-corrected chi connectivity index (χ1v) is 6.16. The molecule has 3 atom stereocenters. The Hall–Kier alpha value is 0.350. The minimum atomic E-state index is -0.124. The van der Waals surface area contributed by atoms with E-state index in [2.05, 4.69) is 30.0 Å². The maximum Gasteiger partial charge on any atom is 0.155 e. The molecule has 0 heterocycles. The molecule has 0 fully saturated rings. The van der Waals surface area contributed by atoms with Crippen LogP contribution in [0.3, 0.4) is 0 Å². The van der Waals surface area contributed by atoms with Crippen LogP contribution in [0.4, 0.5) is 0 Å². The second-order valence-corrected chi connectivity index (χ2v) is 4.39. The SMILES string of the molecule is CCC(CC)(CC)C(P)OC(C)OC. The van der Waals surface area contributed by atoms with Crippen molar-refractivity contribution >= 4 is 9.24 Å². The van der Waals surface area contributed by atoms with Crippen LogP contribution in [0.5, 0.6) is 0 Å². The van der Waals surface area contributed by atoms with Crippen LogP contribution in [0.25, 0.3) is 0 Å². The van der Waals surface area contributed by atoms with Gasteiger partial charge in [-0.05, 0) is 31.6 Å². The third-order valence-corrected chi connectivity index (χ3v) is 4.25. The van der Waals surface area contributed by atoms with E-state index < -0.39 is 0 Å². The molecule has 0 rings (SSSR count). The van der Waals surface area contributed by atoms with Gasteiger partial charge in [0.25, 0.3) is 0 Å². The van der Waals surface area contributed by atoms with Gasteiger partial charge in [0.05, 0.1) is 5.85 Å². The van der Waals surface area contributed by atoms with Crippen LogP contribution in [0.1, 0.15) is 47.0 Å². The lowest BCUT2D eigenvalue weighted by Gasteiger charge is -2.37. The average Bonchev–Trinajstić information content (AvgIpc) is 2.21. The van der Waals surface area contributed by atoms with Gasteiger partial charge in [-0.1, -0.05) is 20.8 Å². The van der Waals surface area contributed by atoms with Crippen LogP contribution in [0, 0.1) is 5.41 Å². The highest BCUT2D eigenvalue weighted by atomic mass is 31.0. The molecule has 0 amide bonds. The predicted octanol–water partition coefficient (Wildman–Crippen LogP) is 3.41. The van der Waals surface area contributed by atoms with Crippen LogP contribution >= 0.6 is 9.24 Å². The Morgan fingerprint density at radius 1 is 1.14 bits per heavy atom. The summed E-state index contributed by atoms with van der Waals surface area (Å²) in [6.45, 7) is 8.61. The average molecular weight is 220 g/mol. The van der Waals surface area contributed by atoms with Gasteiger partial charge in [0.2, 0.25) is 0 Å². The van der Waals surface area contributed by atoms with Crippen LogP contribution in [-0.2, 0) is 9.47 Å². The topological polar surface area (TPSA) is 18.5 Å². The molecule has 0 radical (unpaired) electrons. The van der Waals surface area contributed by atoms with Crippen molar-refractivity contribution in [2.24, 2.45) is 5.41 Å². The first-order valence-electron chi connectivity index (χ1n) is 5.50. The van der Waals surface area contributed by atoms with E-state index in [0.29, 0.717) is 0 Å². The molecule has 0 saturated carbocycles. The van der Waals surface area contributed by atoms with Crippen molar-refractivity contribution in [1.82, 2.24) is 0 Å². The molecule has 0 aromatic carbocycles. The van der Waals surface area contributed by atoms with E-state index in [9.17, 15) is 0 Å². The van der Waals surface area contributed by atoms with E-state index in [1.54, 1.807) is 7.11 Å². The van der Waals surface area contributed by atoms with E-state index in [-0.39, 0.29) is 17.6 Å². The lowest BCUT2D eigenvalue weighted by molar-refractivity contribution is -0.150. The smallest absolute Gasteiger partial charge is 0.155 e. The summed E-state index contributed by atoms with van der Waals surface area (Å²) in [5, 5.41) is 0. The molecule has 0 N–H and O–H groups in total. The molecular formula is C11H25O2P. The lowest BCUT2D eigenvalue weighted by Crippen LogP contribution is -2.34. The van der Waals surface area contributed by atoms with Crippen LogP contribution in [0.2, 0.25) is 0 Å². The summed E-state index contributed by atoms with van der Waals surface area (Å²) in [4.78, 5) is 0. The zero-order chi connectivity index (χ0) is 11.2. The van der Waals surface area contributed by atoms with Crippen LogP contribution in [0.15, 0.2) is 0 Å². The van der Waals surface area contributed by atoms with E-state index in [0.717, 1.165) is 19.3 Å². The van der Waals surface area contributed by atoms with Gasteiger partial charge in [0.1, 0.15) is 0 Å². The summed E-state index contributed by atoms with van der Waals surface area (Å²) >= 11 is 0. The summed E-state index contributed by atoms with van der Waals surface area (Å²) in [5.41, 5.74) is 0.275. The Morgan fingerprint density at radius 3 is 1.86 bits per heavy atom. The van der Waals surface area contributed by atoms with E-state index >= 15 is 0 Å². The Bertz CT molecular complexity index is 138. The quantitative estimate of drug-likeness (QED) is 0.483. The van der Waals surface area contributed by atoms with Gasteiger partial charge in [-0.25, -0.2) is 0 Å². The summed E-state index contributed by atoms with van der Waals surface area (Å²) in [6, 6.07) is 0. The Labute approximate surface area is 90.9 Å². The Balaban J connectivity index is 4.35. The zero-order valence-electron chi connectivity index (χ0n) is 10.2. The highest BCUT2D eigenvalue weighted by Crippen LogP contribution is 2.39. The molecule has 0 aliphatic carbocycles. The summed E-state index contributed by atoms with van der Waals surface area (Å²) in [6.07, 6.45) is 3.31. The summed E-state index contributed by atoms with van der Waals surface area (Å²) < 4.78 is 10.9. The number of ether oxygens (including phenoxy) is 2. The first-order chi connectivity index (χ1) is 6.56. The lowest BCUT2D eigenvalue weighted by atomic mass is 9.80. The van der Waals surface area contributed by atoms with Crippen molar-refractivity contribution in [3.63, 3.8) is 0 Å². The molecule has 86 valence electrons. The summed E-state index contributed by atoms with van der Waals surface area (Å²) in [5.74, 6) is 0.178. The van der Waals surface area contributed by atoms with Gasteiger partial charge in [0.15, 0.2) is 6.29 Å². The fourth-order valence-electron chi connectivity index (χ4n) is 1.76. The first kappa shape index (κ1) is 14.3. The molecule has 0 aliphatic rings. The van der Waals surface area contributed by atoms with Crippen molar-refractivity contribution in [1.29, 1.82) is 0 Å². The molecule has 0 saturated heterocycles. The minimum Gasteiger partial charge on any atom is -0.356 e. The minimum absolute atomic E-state index is 0.124. The molecule has 3 unspecified atom stereocenters. The third-order valence-electron chi connectivity index (χ3n) is 3.39. The van der Waals surface area contributed by atoms with Crippen molar-refractivity contribution < 1.29 is 9.47 Å². The second kappa shape index (κ2) is 6.76. The molecule has 14 heavy (non-hydrogen) atoms. The Morgan fingerprint density at radius 2 is 1.57 bits per heavy atom. The van der Waals surface area contributed by atoms with Gasteiger partial charge in [-0.15, -0.1) is 9.24 Å². The molecule has 3 heteroatoms. The van der Waals surface area contributed by atoms with E-state index in [1.807, 2.05) is 6.92 Å². The van der Waals surface area contributed by atoms with Crippen molar-refractivity contribution in [3.05, 3.63) is 0 Å². The van der Waals surface area contributed by atoms with Gasteiger partial charge in [-0.3, -0.25) is 0 Å². The monoisotopic (exact) mass is 220 g/mol. The molecular weight excluding hydrogens is 195 g/mol. The van der Waals surface area contributed by atoms with Gasteiger partial charge >= 0.3 is 0 Å². The Kier molecular flexibility index (Phi) is 6.93. The molecule has 0 aromatic rings. The molecule has 0 aliphatic heterocycles. The van der Waals surface area contributed by atoms with Crippen molar-refractivity contribution in [2.75, 3.05) is 7.11 Å². The summed E-state index contributed by atoms with van der Waals surface area (Å²) in [7, 11) is 4.48. The van der Waals surface area contributed by atoms with Gasteiger partial charge < -0.3 is 9.47 Å². The third kappa shape index (κ3) is 3.49. The maximum atomic E-state index is 5.78. The second-order valence-electron chi connectivity index (χ2n) is 3.78. The molecule has 0 aromatic heterocycles. The number of rotatable bonds is 7. The number of hydrogen-bond donors (Lipinski definition) is 0. The fraction of sp³-hybridized carbons (Fsp3) is 1.00. The number of hydrogen-bond acceptors (Lipinski definition) is 2. The van der Waals surface area contributed by atoms with Crippen LogP contribution in [-0.4, -0.2) is 19.2 Å². The van der Waals surface area contributed by atoms with Gasteiger partial charge in [0, 0.05) is 7.11 Å². The van der Waals surface area contributed by atoms with E-state index in [4.69, 9.17) is 9.47 Å². The van der Waals surface area contributed by atoms with Crippen molar-refractivity contribution in [2.45, 2.75) is 59.1 Å². The molecule has 0 spiro atoms. The van der Waals surface area contributed by atoms with Crippen LogP contribution < -0.4 is 0 Å². The van der Waals surface area contributed by atoms with Crippen molar-refractivity contribution in [3.8, 4) is 0 Å². The standard InChI is InChI=1S/C11H25O2P/c1-6-11(7-2,8-3)10(14)13-9(4)12-5/h9-10H,6-8,14H2,1-5H3. The normalized spacial score (nSPS) is 16.7. The maximum absolute atomic E-state index is 5.78. The van der Waals surface area contributed by atoms with E-state index in [1.165, 1.54) is 0 Å². The highest BCUT2D eigenvalue weighted by molar-refractivity contribution is 7.17. The molecule has 0 bridgehead atoms. The zero-order valence-corrected chi connectivity index (χ0v) is 11.3. The highest BCUT2D eigenvalue weighted by Gasteiger charge is 2.32. The number of methoxy groups -OCH3 is 1. The molecule has 2 nitrogen and oxygen atoms in total. The van der Waals surface area contributed by atoms with Gasteiger partial charge in [-0.2, -0.15) is 0 Å².